The largest absolute Gasteiger partial charge is 0.328 e. The van der Waals surface area contributed by atoms with Gasteiger partial charge in [-0.3, -0.25) is 0 Å². The van der Waals surface area contributed by atoms with Gasteiger partial charge in [0.2, 0.25) is 0 Å². The lowest BCUT2D eigenvalue weighted by molar-refractivity contribution is 0.167. The van der Waals surface area contributed by atoms with Crippen molar-refractivity contribution in [2.24, 2.45) is 5.73 Å². The van der Waals surface area contributed by atoms with E-state index in [4.69, 9.17) is 5.73 Å². The number of hydrogen-bond donors (Lipinski definition) is 1. The van der Waals surface area contributed by atoms with Gasteiger partial charge in [0.15, 0.2) is 0 Å². The lowest BCUT2D eigenvalue weighted by Crippen LogP contribution is -2.34. The van der Waals surface area contributed by atoms with Crippen LogP contribution in [0.3, 0.4) is 0 Å². The summed E-state index contributed by atoms with van der Waals surface area (Å²) < 4.78 is 27.5. The van der Waals surface area contributed by atoms with Gasteiger partial charge in [0.05, 0.1) is 4.47 Å². The number of halogens is 3. The second kappa shape index (κ2) is 5.03. The van der Waals surface area contributed by atoms with Gasteiger partial charge in [-0.05, 0) is 34.0 Å². The van der Waals surface area contributed by atoms with Gasteiger partial charge in [-0.15, -0.1) is 0 Å². The van der Waals surface area contributed by atoms with Crippen molar-refractivity contribution in [1.29, 1.82) is 0 Å². The molecule has 0 spiro atoms. The van der Waals surface area contributed by atoms with Gasteiger partial charge < -0.3 is 5.73 Å². The van der Waals surface area contributed by atoms with E-state index in [9.17, 15) is 8.78 Å². The predicted molar refractivity (Wildman–Crippen MR) is 61.0 cm³/mol. The molecule has 0 fully saturated rings. The Labute approximate surface area is 96.8 Å². The summed E-state index contributed by atoms with van der Waals surface area (Å²) in [5.41, 5.74) is 4.54. The Kier molecular flexibility index (Phi) is 4.22. The lowest BCUT2D eigenvalue weighted by Gasteiger charge is -2.22. The van der Waals surface area contributed by atoms with Crippen LogP contribution < -0.4 is 5.73 Å². The Hall–Kier alpha value is -0.480. The topological polar surface area (TPSA) is 26.0 Å². The van der Waals surface area contributed by atoms with Crippen LogP contribution in [0.25, 0.3) is 0 Å². The van der Waals surface area contributed by atoms with Crippen molar-refractivity contribution in [3.63, 3.8) is 0 Å². The molecule has 1 aromatic rings. The van der Waals surface area contributed by atoms with Gasteiger partial charge in [-0.25, -0.2) is 8.78 Å². The zero-order chi connectivity index (χ0) is 11.5. The van der Waals surface area contributed by atoms with Crippen LogP contribution in [-0.2, 0) is 6.42 Å². The molecular formula is C11H14BrF2N. The quantitative estimate of drug-likeness (QED) is 0.899. The number of rotatable bonds is 4. The first-order valence-corrected chi connectivity index (χ1v) is 5.63. The molecule has 1 unspecified atom stereocenters. The monoisotopic (exact) mass is 277 g/mol. The Morgan fingerprint density at radius 2 is 2.13 bits per heavy atom. The molecule has 0 aliphatic carbocycles. The smallest absolute Gasteiger partial charge is 0.137 e. The third-order valence-electron chi connectivity index (χ3n) is 2.54. The first-order chi connectivity index (χ1) is 7.02. The molecule has 84 valence electrons. The number of alkyl halides is 1. The highest BCUT2D eigenvalue weighted by molar-refractivity contribution is 9.10. The molecule has 0 radical (unpaired) electrons. The molecule has 2 N–H and O–H groups in total. The normalized spacial score (nSPS) is 15.0. The third kappa shape index (κ3) is 2.98. The fourth-order valence-corrected chi connectivity index (χ4v) is 1.77. The van der Waals surface area contributed by atoms with E-state index < -0.39 is 5.67 Å². The molecule has 0 saturated carbocycles. The zero-order valence-corrected chi connectivity index (χ0v) is 10.2. The third-order valence-corrected chi connectivity index (χ3v) is 3.43. The van der Waals surface area contributed by atoms with Crippen molar-refractivity contribution in [3.8, 4) is 0 Å². The number of benzene rings is 1. The maximum Gasteiger partial charge on any atom is 0.137 e. The van der Waals surface area contributed by atoms with Gasteiger partial charge in [0.1, 0.15) is 11.5 Å². The molecule has 0 heterocycles. The molecule has 1 aromatic carbocycles. The van der Waals surface area contributed by atoms with E-state index in [-0.39, 0.29) is 18.8 Å². The SMILES string of the molecule is CCC(F)(CN)Cc1cccc(F)c1Br. The van der Waals surface area contributed by atoms with Gasteiger partial charge in [0, 0.05) is 13.0 Å². The van der Waals surface area contributed by atoms with Crippen LogP contribution in [0, 0.1) is 5.82 Å². The predicted octanol–water partition coefficient (Wildman–Crippen LogP) is 3.21. The second-order valence-electron chi connectivity index (χ2n) is 3.60. The summed E-state index contributed by atoms with van der Waals surface area (Å²) in [5.74, 6) is -0.372. The molecule has 0 aliphatic heterocycles. The van der Waals surface area contributed by atoms with E-state index in [1.807, 2.05) is 0 Å². The maximum absolute atomic E-state index is 14.0. The summed E-state index contributed by atoms with van der Waals surface area (Å²) in [6.45, 7) is 1.69. The number of nitrogens with two attached hydrogens (primary N) is 1. The van der Waals surface area contributed by atoms with E-state index in [1.165, 1.54) is 6.07 Å². The van der Waals surface area contributed by atoms with Gasteiger partial charge in [-0.2, -0.15) is 0 Å². The molecule has 1 nitrogen and oxygen atoms in total. The van der Waals surface area contributed by atoms with Crippen LogP contribution >= 0.6 is 15.9 Å². The van der Waals surface area contributed by atoms with Crippen molar-refractivity contribution in [1.82, 2.24) is 0 Å². The highest BCUT2D eigenvalue weighted by atomic mass is 79.9. The fraction of sp³-hybridized carbons (Fsp3) is 0.455. The molecule has 0 aromatic heterocycles. The summed E-state index contributed by atoms with van der Waals surface area (Å²) in [6, 6.07) is 4.61. The molecule has 4 heteroatoms. The standard InChI is InChI=1S/C11H14BrF2N/c1-2-11(14,7-15)6-8-4-3-5-9(13)10(8)12/h3-5H,2,6-7,15H2,1H3. The van der Waals surface area contributed by atoms with Crippen molar-refractivity contribution >= 4 is 15.9 Å². The fourth-order valence-electron chi connectivity index (χ4n) is 1.37. The van der Waals surface area contributed by atoms with Crippen molar-refractivity contribution in [2.75, 3.05) is 6.54 Å². The Morgan fingerprint density at radius 1 is 1.47 bits per heavy atom. The molecule has 0 amide bonds. The highest BCUT2D eigenvalue weighted by Crippen LogP contribution is 2.27. The van der Waals surface area contributed by atoms with Crippen LogP contribution in [0.4, 0.5) is 8.78 Å². The minimum absolute atomic E-state index is 0.0492. The van der Waals surface area contributed by atoms with Gasteiger partial charge in [-0.1, -0.05) is 19.1 Å². The average Bonchev–Trinajstić information content (AvgIpc) is 2.25. The summed E-state index contributed by atoms with van der Waals surface area (Å²) in [6.07, 6.45) is 0.463. The van der Waals surface area contributed by atoms with Gasteiger partial charge in [0.25, 0.3) is 0 Å². The molecule has 0 aliphatic rings. The first kappa shape index (κ1) is 12.6. The molecule has 15 heavy (non-hydrogen) atoms. The lowest BCUT2D eigenvalue weighted by atomic mass is 9.94. The van der Waals surface area contributed by atoms with E-state index >= 15 is 0 Å². The summed E-state index contributed by atoms with van der Waals surface area (Å²) in [7, 11) is 0. The van der Waals surface area contributed by atoms with Crippen molar-refractivity contribution in [3.05, 3.63) is 34.1 Å². The number of hydrogen-bond acceptors (Lipinski definition) is 1. The van der Waals surface area contributed by atoms with E-state index in [1.54, 1.807) is 19.1 Å². The van der Waals surface area contributed by atoms with Gasteiger partial charge >= 0.3 is 0 Å². The maximum atomic E-state index is 14.0. The molecule has 1 atom stereocenters. The second-order valence-corrected chi connectivity index (χ2v) is 4.39. The Bertz CT molecular complexity index is 337. The average molecular weight is 278 g/mol. The van der Waals surface area contributed by atoms with Crippen LogP contribution in [0.5, 0.6) is 0 Å². The van der Waals surface area contributed by atoms with Crippen LogP contribution in [-0.4, -0.2) is 12.2 Å². The zero-order valence-electron chi connectivity index (χ0n) is 8.56. The minimum Gasteiger partial charge on any atom is -0.328 e. The molecule has 0 saturated heterocycles. The summed E-state index contributed by atoms with van der Waals surface area (Å²) in [5, 5.41) is 0. The molecule has 1 rings (SSSR count). The van der Waals surface area contributed by atoms with Crippen LogP contribution in [0.1, 0.15) is 18.9 Å². The Balaban J connectivity index is 2.94. The Morgan fingerprint density at radius 3 is 2.67 bits per heavy atom. The minimum atomic E-state index is -1.45. The summed E-state index contributed by atoms with van der Waals surface area (Å²) in [4.78, 5) is 0. The first-order valence-electron chi connectivity index (χ1n) is 4.84. The van der Waals surface area contributed by atoms with Crippen LogP contribution in [0.15, 0.2) is 22.7 Å². The van der Waals surface area contributed by atoms with E-state index in [2.05, 4.69) is 15.9 Å². The molecular weight excluding hydrogens is 264 g/mol. The molecule has 0 bridgehead atoms. The van der Waals surface area contributed by atoms with E-state index in [0.717, 1.165) is 0 Å². The van der Waals surface area contributed by atoms with E-state index in [0.29, 0.717) is 16.5 Å². The summed E-state index contributed by atoms with van der Waals surface area (Å²) >= 11 is 3.11. The van der Waals surface area contributed by atoms with Crippen molar-refractivity contribution in [2.45, 2.75) is 25.4 Å². The van der Waals surface area contributed by atoms with Crippen LogP contribution in [0.2, 0.25) is 0 Å². The highest BCUT2D eigenvalue weighted by Gasteiger charge is 2.27. The van der Waals surface area contributed by atoms with Crippen molar-refractivity contribution < 1.29 is 8.78 Å².